The minimum absolute atomic E-state index is 0.132. The lowest BCUT2D eigenvalue weighted by molar-refractivity contribution is -0.138. The molecule has 0 N–H and O–H groups in total. The lowest BCUT2D eigenvalue weighted by atomic mass is 10.0. The van der Waals surface area contributed by atoms with E-state index in [1.54, 1.807) is 4.90 Å². The maximum atomic E-state index is 13.1. The summed E-state index contributed by atoms with van der Waals surface area (Å²) in [4.78, 5) is 26.8. The highest BCUT2D eigenvalue weighted by atomic mass is 19.4. The second-order valence-corrected chi connectivity index (χ2v) is 9.27. The van der Waals surface area contributed by atoms with Crippen LogP contribution in [0.5, 0.6) is 0 Å². The molecule has 2 aromatic rings. The number of anilines is 1. The van der Waals surface area contributed by atoms with E-state index < -0.39 is 11.7 Å². The lowest BCUT2D eigenvalue weighted by Gasteiger charge is -2.49. The second-order valence-electron chi connectivity index (χ2n) is 9.27. The number of carbonyl (C=O) groups is 1. The summed E-state index contributed by atoms with van der Waals surface area (Å²) in [7, 11) is 0. The predicted octanol–water partition coefficient (Wildman–Crippen LogP) is 3.19. The van der Waals surface area contributed by atoms with E-state index in [4.69, 9.17) is 9.47 Å². The van der Waals surface area contributed by atoms with Gasteiger partial charge in [0, 0.05) is 45.1 Å². The van der Waals surface area contributed by atoms with Crippen LogP contribution >= 0.6 is 0 Å². The first-order valence-electron chi connectivity index (χ1n) is 11.8. The van der Waals surface area contributed by atoms with Crippen LogP contribution < -0.4 is 4.90 Å². The number of alkyl halides is 3. The SMILES string of the molecule is O=C(OC1CCN(Cc2ccccc2)CC1)N1C2COCC1CN(c1ncc(C(F)(F)F)cn1)C2. The number of hydrogen-bond donors (Lipinski definition) is 0. The molecule has 0 spiro atoms. The van der Waals surface area contributed by atoms with Gasteiger partial charge in [-0.3, -0.25) is 9.80 Å². The van der Waals surface area contributed by atoms with Crippen molar-refractivity contribution in [1.82, 2.24) is 19.8 Å². The average molecular weight is 492 g/mol. The maximum absolute atomic E-state index is 13.1. The molecule has 0 saturated carbocycles. The minimum atomic E-state index is -4.48. The van der Waals surface area contributed by atoms with Gasteiger partial charge in [0.25, 0.3) is 0 Å². The van der Waals surface area contributed by atoms with Gasteiger partial charge in [0.1, 0.15) is 6.10 Å². The van der Waals surface area contributed by atoms with Gasteiger partial charge in [-0.25, -0.2) is 14.8 Å². The summed E-state index contributed by atoms with van der Waals surface area (Å²) in [5.74, 6) is 0.216. The highest BCUT2D eigenvalue weighted by Gasteiger charge is 2.43. The number of benzene rings is 1. The number of hydrogen-bond acceptors (Lipinski definition) is 7. The van der Waals surface area contributed by atoms with Crippen LogP contribution in [0.15, 0.2) is 42.7 Å². The number of nitrogens with zero attached hydrogens (tertiary/aromatic N) is 5. The van der Waals surface area contributed by atoms with Crippen LogP contribution in [0, 0.1) is 0 Å². The summed E-state index contributed by atoms with van der Waals surface area (Å²) in [5, 5.41) is 0. The molecule has 2 bridgehead atoms. The Hall–Kier alpha value is -2.92. The molecule has 3 aliphatic rings. The van der Waals surface area contributed by atoms with E-state index in [2.05, 4.69) is 27.0 Å². The summed E-state index contributed by atoms with van der Waals surface area (Å²) in [6, 6.07) is 9.75. The quantitative estimate of drug-likeness (QED) is 0.651. The van der Waals surface area contributed by atoms with Gasteiger partial charge in [-0.1, -0.05) is 30.3 Å². The van der Waals surface area contributed by atoms with Crippen molar-refractivity contribution in [3.63, 3.8) is 0 Å². The summed E-state index contributed by atoms with van der Waals surface area (Å²) in [5.41, 5.74) is 0.382. The number of aromatic nitrogens is 2. The lowest BCUT2D eigenvalue weighted by Crippen LogP contribution is -2.66. The Balaban J connectivity index is 1.16. The Morgan fingerprint density at radius 2 is 1.66 bits per heavy atom. The molecule has 3 fully saturated rings. The summed E-state index contributed by atoms with van der Waals surface area (Å²) in [6.45, 7) is 4.01. The molecule has 5 rings (SSSR count). The number of fused-ring (bicyclic) bond motifs is 2. The summed E-state index contributed by atoms with van der Waals surface area (Å²) < 4.78 is 50.0. The number of likely N-dealkylation sites (tertiary alicyclic amines) is 1. The maximum Gasteiger partial charge on any atom is 0.419 e. The van der Waals surface area contributed by atoms with Crippen molar-refractivity contribution in [2.75, 3.05) is 44.3 Å². The normalized spacial score (nSPS) is 23.9. The molecule has 0 radical (unpaired) electrons. The van der Waals surface area contributed by atoms with Gasteiger partial charge < -0.3 is 14.4 Å². The molecule has 188 valence electrons. The van der Waals surface area contributed by atoms with Crippen LogP contribution in [0.25, 0.3) is 0 Å². The van der Waals surface area contributed by atoms with Crippen LogP contribution in [0.1, 0.15) is 24.0 Å². The number of piperazine rings is 1. The van der Waals surface area contributed by atoms with E-state index >= 15 is 0 Å². The standard InChI is InChI=1S/C24H28F3N5O3/c25-24(26,27)18-10-28-22(29-11-18)31-13-19-15-34-16-20(14-31)32(19)23(33)35-21-6-8-30(9-7-21)12-17-4-2-1-3-5-17/h1-5,10-11,19-21H,6-9,12-16H2. The van der Waals surface area contributed by atoms with Gasteiger partial charge in [0.2, 0.25) is 5.95 Å². The number of ether oxygens (including phenoxy) is 2. The van der Waals surface area contributed by atoms with Crippen LogP contribution in [-0.2, 0) is 22.2 Å². The third-order valence-electron chi connectivity index (χ3n) is 6.78. The molecule has 1 amide bonds. The molecule has 1 aromatic carbocycles. The predicted molar refractivity (Wildman–Crippen MR) is 121 cm³/mol. The molecule has 3 saturated heterocycles. The molecule has 2 atom stereocenters. The van der Waals surface area contributed by atoms with Crippen molar-refractivity contribution in [2.45, 2.75) is 43.8 Å². The van der Waals surface area contributed by atoms with Crippen LogP contribution in [0.2, 0.25) is 0 Å². The molecule has 3 aliphatic heterocycles. The van der Waals surface area contributed by atoms with Crippen molar-refractivity contribution >= 4 is 12.0 Å². The molecular formula is C24H28F3N5O3. The first-order chi connectivity index (χ1) is 16.9. The fourth-order valence-corrected chi connectivity index (χ4v) is 4.99. The molecule has 35 heavy (non-hydrogen) atoms. The second kappa shape index (κ2) is 9.98. The smallest absolute Gasteiger partial charge is 0.419 e. The Kier molecular flexibility index (Phi) is 6.79. The first kappa shape index (κ1) is 23.8. The Labute approximate surface area is 201 Å². The van der Waals surface area contributed by atoms with E-state index in [1.165, 1.54) is 5.56 Å². The molecule has 4 heterocycles. The molecule has 2 unspecified atom stereocenters. The van der Waals surface area contributed by atoms with Gasteiger partial charge in [0.15, 0.2) is 0 Å². The van der Waals surface area contributed by atoms with E-state index in [9.17, 15) is 18.0 Å². The van der Waals surface area contributed by atoms with E-state index in [0.29, 0.717) is 26.3 Å². The number of amides is 1. The van der Waals surface area contributed by atoms with E-state index in [1.807, 2.05) is 23.1 Å². The zero-order valence-corrected chi connectivity index (χ0v) is 19.2. The average Bonchev–Trinajstić information content (AvgIpc) is 2.84. The van der Waals surface area contributed by atoms with Gasteiger partial charge in [-0.15, -0.1) is 0 Å². The van der Waals surface area contributed by atoms with Crippen molar-refractivity contribution in [2.24, 2.45) is 0 Å². The number of halogens is 3. The highest BCUT2D eigenvalue weighted by molar-refractivity contribution is 5.69. The molecule has 0 aliphatic carbocycles. The zero-order valence-electron chi connectivity index (χ0n) is 19.2. The fourth-order valence-electron chi connectivity index (χ4n) is 4.99. The summed E-state index contributed by atoms with van der Waals surface area (Å²) in [6.07, 6.45) is -1.82. The number of morpholine rings is 1. The van der Waals surface area contributed by atoms with Gasteiger partial charge >= 0.3 is 12.3 Å². The molecular weight excluding hydrogens is 463 g/mol. The van der Waals surface area contributed by atoms with Gasteiger partial charge in [-0.2, -0.15) is 13.2 Å². The first-order valence-corrected chi connectivity index (χ1v) is 11.8. The van der Waals surface area contributed by atoms with Crippen molar-refractivity contribution in [3.8, 4) is 0 Å². The number of piperidine rings is 1. The van der Waals surface area contributed by atoms with Crippen LogP contribution in [0.4, 0.5) is 23.9 Å². The third-order valence-corrected chi connectivity index (χ3v) is 6.78. The summed E-state index contributed by atoms with van der Waals surface area (Å²) >= 11 is 0. The molecule has 8 nitrogen and oxygen atoms in total. The molecule has 1 aromatic heterocycles. The van der Waals surface area contributed by atoms with Crippen LogP contribution in [0.3, 0.4) is 0 Å². The van der Waals surface area contributed by atoms with Crippen molar-refractivity contribution in [1.29, 1.82) is 0 Å². The minimum Gasteiger partial charge on any atom is -0.446 e. The molecule has 11 heteroatoms. The monoisotopic (exact) mass is 491 g/mol. The van der Waals surface area contributed by atoms with Crippen LogP contribution in [-0.4, -0.2) is 83.4 Å². The topological polar surface area (TPSA) is 71.0 Å². The van der Waals surface area contributed by atoms with E-state index in [-0.39, 0.29) is 30.2 Å². The Bertz CT molecular complexity index is 986. The Morgan fingerprint density at radius 3 is 2.26 bits per heavy atom. The van der Waals surface area contributed by atoms with Gasteiger partial charge in [0.05, 0.1) is 30.9 Å². The van der Waals surface area contributed by atoms with Crippen molar-refractivity contribution < 1.29 is 27.4 Å². The number of carbonyl (C=O) groups excluding carboxylic acids is 1. The Morgan fingerprint density at radius 1 is 1.03 bits per heavy atom. The fraction of sp³-hybridized carbons (Fsp3) is 0.542. The highest BCUT2D eigenvalue weighted by Crippen LogP contribution is 2.30. The zero-order chi connectivity index (χ0) is 24.4. The van der Waals surface area contributed by atoms with Gasteiger partial charge in [-0.05, 0) is 18.4 Å². The number of rotatable bonds is 4. The largest absolute Gasteiger partial charge is 0.446 e. The van der Waals surface area contributed by atoms with Crippen molar-refractivity contribution in [3.05, 3.63) is 53.9 Å². The van der Waals surface area contributed by atoms with E-state index in [0.717, 1.165) is 44.9 Å². The third kappa shape index (κ3) is 5.51.